The molecule has 0 aliphatic rings. The second-order valence-corrected chi connectivity index (χ2v) is 4.21. The molecular weight excluding hydrogens is 236 g/mol. The van der Waals surface area contributed by atoms with Gasteiger partial charge in [0.25, 0.3) is 0 Å². The number of ketones is 1. The normalized spacial score (nSPS) is 10.3. The number of hydrogen-bond donors (Lipinski definition) is 0. The fourth-order valence-electron chi connectivity index (χ4n) is 1.54. The van der Waals surface area contributed by atoms with Crippen LogP contribution in [0.1, 0.15) is 22.8 Å². The summed E-state index contributed by atoms with van der Waals surface area (Å²) in [6.07, 6.45) is 4.98. The van der Waals surface area contributed by atoms with Gasteiger partial charge in [-0.1, -0.05) is 11.6 Å². The molecular formula is C13H11ClN2O. The first-order valence-electron chi connectivity index (χ1n) is 5.17. The molecule has 2 aromatic heterocycles. The summed E-state index contributed by atoms with van der Waals surface area (Å²) in [4.78, 5) is 19.5. The maximum absolute atomic E-state index is 11.2. The van der Waals surface area contributed by atoms with Crippen molar-refractivity contribution >= 4 is 17.4 Å². The molecule has 0 aliphatic carbocycles. The van der Waals surface area contributed by atoms with Crippen LogP contribution in [0.2, 0.25) is 5.02 Å². The van der Waals surface area contributed by atoms with Gasteiger partial charge in [-0.2, -0.15) is 0 Å². The van der Waals surface area contributed by atoms with E-state index in [-0.39, 0.29) is 5.78 Å². The average molecular weight is 247 g/mol. The summed E-state index contributed by atoms with van der Waals surface area (Å²) in [6, 6.07) is 3.53. The molecule has 0 bridgehead atoms. The fourth-order valence-corrected chi connectivity index (χ4v) is 1.81. The van der Waals surface area contributed by atoms with E-state index in [2.05, 4.69) is 9.97 Å². The summed E-state index contributed by atoms with van der Waals surface area (Å²) in [7, 11) is 0. The zero-order chi connectivity index (χ0) is 12.4. The van der Waals surface area contributed by atoms with E-state index in [4.69, 9.17) is 11.6 Å². The van der Waals surface area contributed by atoms with Crippen LogP contribution in [-0.4, -0.2) is 15.8 Å². The van der Waals surface area contributed by atoms with Crippen LogP contribution in [0, 0.1) is 6.92 Å². The lowest BCUT2D eigenvalue weighted by Gasteiger charge is -2.07. The Bertz CT molecular complexity index is 581. The topological polar surface area (TPSA) is 42.9 Å². The second-order valence-electron chi connectivity index (χ2n) is 3.80. The second kappa shape index (κ2) is 4.63. The van der Waals surface area contributed by atoms with E-state index in [1.54, 1.807) is 18.5 Å². The lowest BCUT2D eigenvalue weighted by atomic mass is 10.1. The average Bonchev–Trinajstić information content (AvgIpc) is 2.30. The Morgan fingerprint density at radius 1 is 1.35 bits per heavy atom. The minimum Gasteiger partial charge on any atom is -0.294 e. The minimum absolute atomic E-state index is 0.0474. The Morgan fingerprint density at radius 3 is 2.71 bits per heavy atom. The first-order valence-corrected chi connectivity index (χ1v) is 5.55. The molecule has 0 aromatic carbocycles. The number of halogens is 1. The minimum atomic E-state index is -0.0474. The van der Waals surface area contributed by atoms with Gasteiger partial charge in [-0.25, -0.2) is 0 Å². The first kappa shape index (κ1) is 11.7. The zero-order valence-corrected chi connectivity index (χ0v) is 10.3. The summed E-state index contributed by atoms with van der Waals surface area (Å²) < 4.78 is 0. The Labute approximate surface area is 104 Å². The molecule has 0 saturated carbocycles. The van der Waals surface area contributed by atoms with Gasteiger partial charge in [-0.15, -0.1) is 0 Å². The Morgan fingerprint density at radius 2 is 2.12 bits per heavy atom. The summed E-state index contributed by atoms with van der Waals surface area (Å²) in [6.45, 7) is 3.45. The SMILES string of the molecule is CC(=O)c1cnc(-c2cnccc2C)c(Cl)c1. The third-order valence-electron chi connectivity index (χ3n) is 2.54. The molecule has 2 rings (SSSR count). The molecule has 0 unspecified atom stereocenters. The number of aromatic nitrogens is 2. The van der Waals surface area contributed by atoms with Crippen LogP contribution < -0.4 is 0 Å². The number of carbonyl (C=O) groups excluding carboxylic acids is 1. The molecule has 3 nitrogen and oxygen atoms in total. The van der Waals surface area contributed by atoms with Gasteiger partial charge < -0.3 is 0 Å². The van der Waals surface area contributed by atoms with Crippen molar-refractivity contribution in [2.45, 2.75) is 13.8 Å². The van der Waals surface area contributed by atoms with Crippen molar-refractivity contribution in [3.63, 3.8) is 0 Å². The first-order chi connectivity index (χ1) is 8.09. The highest BCUT2D eigenvalue weighted by molar-refractivity contribution is 6.33. The van der Waals surface area contributed by atoms with Crippen molar-refractivity contribution in [3.8, 4) is 11.3 Å². The van der Waals surface area contributed by atoms with E-state index in [0.717, 1.165) is 11.1 Å². The fraction of sp³-hybridized carbons (Fsp3) is 0.154. The molecule has 17 heavy (non-hydrogen) atoms. The molecule has 0 spiro atoms. The zero-order valence-electron chi connectivity index (χ0n) is 9.57. The Hall–Kier alpha value is -1.74. The number of nitrogens with zero attached hydrogens (tertiary/aromatic N) is 2. The lowest BCUT2D eigenvalue weighted by Crippen LogP contribution is -1.96. The molecule has 4 heteroatoms. The van der Waals surface area contributed by atoms with Crippen LogP contribution in [0.25, 0.3) is 11.3 Å². The largest absolute Gasteiger partial charge is 0.294 e. The van der Waals surface area contributed by atoms with E-state index >= 15 is 0 Å². The van der Waals surface area contributed by atoms with E-state index in [0.29, 0.717) is 16.3 Å². The van der Waals surface area contributed by atoms with Crippen LogP contribution in [0.5, 0.6) is 0 Å². The molecule has 0 radical (unpaired) electrons. The van der Waals surface area contributed by atoms with Crippen LogP contribution >= 0.6 is 11.6 Å². The molecule has 86 valence electrons. The summed E-state index contributed by atoms with van der Waals surface area (Å²) >= 11 is 6.14. The van der Waals surface area contributed by atoms with Crippen molar-refractivity contribution in [2.24, 2.45) is 0 Å². The van der Waals surface area contributed by atoms with Crippen LogP contribution in [0.4, 0.5) is 0 Å². The van der Waals surface area contributed by atoms with Crippen LogP contribution in [-0.2, 0) is 0 Å². The molecule has 0 aliphatic heterocycles. The van der Waals surface area contributed by atoms with Gasteiger partial charge in [0, 0.05) is 29.7 Å². The van der Waals surface area contributed by atoms with Crippen LogP contribution in [0.3, 0.4) is 0 Å². The highest BCUT2D eigenvalue weighted by atomic mass is 35.5. The Balaban J connectivity index is 2.55. The van der Waals surface area contributed by atoms with Gasteiger partial charge in [0.05, 0.1) is 10.7 Å². The monoisotopic (exact) mass is 246 g/mol. The Kier molecular flexibility index (Phi) is 3.20. The third-order valence-corrected chi connectivity index (χ3v) is 2.83. The highest BCUT2D eigenvalue weighted by Gasteiger charge is 2.10. The van der Waals surface area contributed by atoms with Gasteiger partial charge in [0.15, 0.2) is 5.78 Å². The molecule has 0 N–H and O–H groups in total. The quantitative estimate of drug-likeness (QED) is 0.764. The van der Waals surface area contributed by atoms with Gasteiger partial charge in [0.2, 0.25) is 0 Å². The summed E-state index contributed by atoms with van der Waals surface area (Å²) in [5, 5.41) is 0.466. The summed E-state index contributed by atoms with van der Waals surface area (Å²) in [5.74, 6) is -0.0474. The smallest absolute Gasteiger partial charge is 0.161 e. The van der Waals surface area contributed by atoms with E-state index in [9.17, 15) is 4.79 Å². The van der Waals surface area contributed by atoms with E-state index in [1.165, 1.54) is 13.1 Å². The van der Waals surface area contributed by atoms with Crippen molar-refractivity contribution in [3.05, 3.63) is 46.9 Å². The summed E-state index contributed by atoms with van der Waals surface area (Å²) in [5.41, 5.74) is 3.10. The molecule has 0 saturated heterocycles. The van der Waals surface area contributed by atoms with E-state index in [1.807, 2.05) is 13.0 Å². The molecule has 2 aromatic rings. The lowest BCUT2D eigenvalue weighted by molar-refractivity contribution is 0.101. The molecule has 0 amide bonds. The van der Waals surface area contributed by atoms with Gasteiger partial charge in [-0.3, -0.25) is 14.8 Å². The van der Waals surface area contributed by atoms with Gasteiger partial charge in [-0.05, 0) is 31.5 Å². The maximum atomic E-state index is 11.2. The number of carbonyl (C=O) groups is 1. The number of Topliss-reactive ketones (excluding diaryl/α,β-unsaturated/α-hetero) is 1. The van der Waals surface area contributed by atoms with Crippen LogP contribution in [0.15, 0.2) is 30.7 Å². The van der Waals surface area contributed by atoms with Crippen molar-refractivity contribution in [1.29, 1.82) is 0 Å². The molecule has 0 fully saturated rings. The van der Waals surface area contributed by atoms with Crippen molar-refractivity contribution in [2.75, 3.05) is 0 Å². The van der Waals surface area contributed by atoms with Crippen molar-refractivity contribution < 1.29 is 4.79 Å². The maximum Gasteiger partial charge on any atom is 0.161 e. The number of pyridine rings is 2. The number of rotatable bonds is 2. The number of hydrogen-bond acceptors (Lipinski definition) is 3. The number of aryl methyl sites for hydroxylation is 1. The van der Waals surface area contributed by atoms with Crippen molar-refractivity contribution in [1.82, 2.24) is 9.97 Å². The molecule has 0 atom stereocenters. The predicted molar refractivity (Wildman–Crippen MR) is 67.2 cm³/mol. The third kappa shape index (κ3) is 2.34. The van der Waals surface area contributed by atoms with E-state index < -0.39 is 0 Å². The predicted octanol–water partition coefficient (Wildman–Crippen LogP) is 3.31. The van der Waals surface area contributed by atoms with Gasteiger partial charge in [0.1, 0.15) is 0 Å². The van der Waals surface area contributed by atoms with Gasteiger partial charge >= 0.3 is 0 Å². The standard InChI is InChI=1S/C13H11ClN2O/c1-8-3-4-15-7-11(8)13-12(14)5-10(6-16-13)9(2)17/h3-7H,1-2H3. The molecule has 2 heterocycles. The highest BCUT2D eigenvalue weighted by Crippen LogP contribution is 2.28.